The van der Waals surface area contributed by atoms with Crippen LogP contribution in [0.15, 0.2) is 35.5 Å². The highest BCUT2D eigenvalue weighted by atomic mass is 127. The van der Waals surface area contributed by atoms with Crippen LogP contribution in [0.2, 0.25) is 0 Å². The van der Waals surface area contributed by atoms with Gasteiger partial charge in [0, 0.05) is 31.1 Å². The molecule has 144 valence electrons. The van der Waals surface area contributed by atoms with Crippen LogP contribution < -0.4 is 20.1 Å². The van der Waals surface area contributed by atoms with Gasteiger partial charge in [0.25, 0.3) is 0 Å². The molecule has 26 heavy (non-hydrogen) atoms. The van der Waals surface area contributed by atoms with E-state index < -0.39 is 0 Å². The summed E-state index contributed by atoms with van der Waals surface area (Å²) in [5, 5.41) is 7.71. The topological polar surface area (TPSA) is 67.8 Å². The monoisotopic (exact) mass is 490 g/mol. The van der Waals surface area contributed by atoms with E-state index in [0.29, 0.717) is 6.54 Å². The zero-order chi connectivity index (χ0) is 18.1. The van der Waals surface area contributed by atoms with E-state index >= 15 is 0 Å². The van der Waals surface area contributed by atoms with E-state index in [1.54, 1.807) is 25.5 Å². The molecule has 0 saturated heterocycles. The van der Waals surface area contributed by atoms with E-state index in [2.05, 4.69) is 27.5 Å². The third kappa shape index (κ3) is 7.77. The molecule has 8 heteroatoms. The molecule has 0 aliphatic rings. The molecule has 0 aliphatic carbocycles. The summed E-state index contributed by atoms with van der Waals surface area (Å²) in [6.45, 7) is 5.53. The molecular weight excluding hydrogens is 463 g/mol. The molecular formula is C18H27IN4O2S. The van der Waals surface area contributed by atoms with Crippen LogP contribution in [-0.4, -0.2) is 44.3 Å². The molecule has 1 aromatic carbocycles. The summed E-state index contributed by atoms with van der Waals surface area (Å²) in [5.41, 5.74) is 0. The molecule has 1 unspecified atom stereocenters. The van der Waals surface area contributed by atoms with E-state index in [1.807, 2.05) is 37.4 Å². The van der Waals surface area contributed by atoms with Gasteiger partial charge >= 0.3 is 0 Å². The highest BCUT2D eigenvalue weighted by molar-refractivity contribution is 14.0. The fraction of sp³-hybridized carbons (Fsp3) is 0.444. The van der Waals surface area contributed by atoms with Crippen molar-refractivity contribution in [3.63, 3.8) is 0 Å². The number of rotatable bonds is 8. The first-order valence-corrected chi connectivity index (χ1v) is 9.09. The maximum Gasteiger partial charge on any atom is 0.191 e. The molecule has 0 radical (unpaired) electrons. The van der Waals surface area contributed by atoms with Gasteiger partial charge in [-0.3, -0.25) is 4.99 Å². The van der Waals surface area contributed by atoms with Crippen molar-refractivity contribution >= 4 is 41.3 Å². The van der Waals surface area contributed by atoms with E-state index in [4.69, 9.17) is 9.47 Å². The Labute approximate surface area is 176 Å². The van der Waals surface area contributed by atoms with E-state index in [1.165, 1.54) is 4.88 Å². The Hall–Kier alpha value is -1.55. The number of hydrogen-bond donors (Lipinski definition) is 2. The lowest BCUT2D eigenvalue weighted by atomic mass is 10.3. The van der Waals surface area contributed by atoms with Crippen LogP contribution in [0.25, 0.3) is 0 Å². The van der Waals surface area contributed by atoms with Gasteiger partial charge in [0.2, 0.25) is 0 Å². The van der Waals surface area contributed by atoms with E-state index in [9.17, 15) is 0 Å². The van der Waals surface area contributed by atoms with Gasteiger partial charge in [-0.15, -0.1) is 35.3 Å². The number of halogens is 1. The first kappa shape index (κ1) is 22.5. The van der Waals surface area contributed by atoms with Crippen LogP contribution in [0.5, 0.6) is 11.5 Å². The van der Waals surface area contributed by atoms with Crippen LogP contribution in [0.4, 0.5) is 0 Å². The molecule has 2 N–H and O–H groups in total. The second-order valence-corrected chi connectivity index (χ2v) is 6.92. The number of nitrogens with one attached hydrogen (secondary N) is 2. The highest BCUT2D eigenvalue weighted by Gasteiger charge is 2.06. The second-order valence-electron chi connectivity index (χ2n) is 5.60. The van der Waals surface area contributed by atoms with Crippen LogP contribution in [0, 0.1) is 6.92 Å². The van der Waals surface area contributed by atoms with Gasteiger partial charge in [0.15, 0.2) is 5.96 Å². The lowest BCUT2D eigenvalue weighted by Crippen LogP contribution is -2.42. The van der Waals surface area contributed by atoms with Gasteiger partial charge in [0.1, 0.15) is 17.6 Å². The van der Waals surface area contributed by atoms with Gasteiger partial charge in [0.05, 0.1) is 18.7 Å². The molecule has 0 fully saturated rings. The molecule has 0 bridgehead atoms. The first-order valence-electron chi connectivity index (χ1n) is 8.27. The maximum atomic E-state index is 5.88. The summed E-state index contributed by atoms with van der Waals surface area (Å²) in [7, 11) is 3.41. The Morgan fingerprint density at radius 2 is 1.92 bits per heavy atom. The van der Waals surface area contributed by atoms with Gasteiger partial charge in [-0.1, -0.05) is 0 Å². The average Bonchev–Trinajstić information content (AvgIpc) is 3.03. The molecule has 0 aliphatic heterocycles. The van der Waals surface area contributed by atoms with Crippen molar-refractivity contribution in [1.82, 2.24) is 15.6 Å². The number of thiazole rings is 1. The minimum atomic E-state index is 0. The number of aromatic nitrogens is 1. The van der Waals surface area contributed by atoms with Crippen LogP contribution in [0.1, 0.15) is 16.8 Å². The fourth-order valence-electron chi connectivity index (χ4n) is 2.19. The fourth-order valence-corrected chi connectivity index (χ4v) is 2.98. The Morgan fingerprint density at radius 1 is 1.23 bits per heavy atom. The second kappa shape index (κ2) is 11.9. The van der Waals surface area contributed by atoms with Crippen molar-refractivity contribution in [2.45, 2.75) is 26.4 Å². The largest absolute Gasteiger partial charge is 0.497 e. The number of methoxy groups -OCH3 is 1. The minimum absolute atomic E-state index is 0. The van der Waals surface area contributed by atoms with E-state index in [0.717, 1.165) is 35.4 Å². The van der Waals surface area contributed by atoms with Crippen molar-refractivity contribution in [2.75, 3.05) is 27.2 Å². The molecule has 0 spiro atoms. The predicted octanol–water partition coefficient (Wildman–Crippen LogP) is 3.25. The van der Waals surface area contributed by atoms with Crippen molar-refractivity contribution in [3.8, 4) is 11.5 Å². The summed E-state index contributed by atoms with van der Waals surface area (Å²) < 4.78 is 11.0. The van der Waals surface area contributed by atoms with Crippen LogP contribution in [0.3, 0.4) is 0 Å². The van der Waals surface area contributed by atoms with Crippen molar-refractivity contribution < 1.29 is 9.47 Å². The molecule has 1 aromatic heterocycles. The zero-order valence-electron chi connectivity index (χ0n) is 15.6. The molecule has 0 saturated carbocycles. The van der Waals surface area contributed by atoms with Crippen molar-refractivity contribution in [3.05, 3.63) is 40.3 Å². The van der Waals surface area contributed by atoms with Crippen LogP contribution >= 0.6 is 35.3 Å². The lowest BCUT2D eigenvalue weighted by Gasteiger charge is -2.17. The van der Waals surface area contributed by atoms with E-state index in [-0.39, 0.29) is 30.1 Å². The number of aliphatic imine (C=N–C) groups is 1. The number of hydrogen-bond acceptors (Lipinski definition) is 5. The summed E-state index contributed by atoms with van der Waals surface area (Å²) in [6.07, 6.45) is 2.80. The third-order valence-electron chi connectivity index (χ3n) is 3.48. The van der Waals surface area contributed by atoms with Gasteiger partial charge in [-0.25, -0.2) is 4.98 Å². The zero-order valence-corrected chi connectivity index (χ0v) is 18.8. The molecule has 6 nitrogen and oxygen atoms in total. The van der Waals surface area contributed by atoms with Crippen molar-refractivity contribution in [2.24, 2.45) is 4.99 Å². The molecule has 1 atom stereocenters. The van der Waals surface area contributed by atoms with Gasteiger partial charge in [-0.05, 0) is 38.1 Å². The first-order chi connectivity index (χ1) is 12.1. The maximum absolute atomic E-state index is 5.88. The molecule has 2 aromatic rings. The Balaban J connectivity index is 0.00000338. The number of ether oxygens (including phenoxy) is 2. The lowest BCUT2D eigenvalue weighted by molar-refractivity contribution is 0.223. The minimum Gasteiger partial charge on any atom is -0.497 e. The Bertz CT molecular complexity index is 676. The normalized spacial score (nSPS) is 12.1. The summed E-state index contributed by atoms with van der Waals surface area (Å²) in [5.74, 6) is 2.40. The molecule has 0 amide bonds. The number of nitrogens with zero attached hydrogens (tertiary/aromatic N) is 2. The standard InChI is InChI=1S/C18H26N4O2S.HI/c1-13(24-16-7-5-15(23-4)6-8-16)11-22-18(19-3)20-10-9-17-21-12-14(2)25-17;/h5-8,12-13H,9-11H2,1-4H3,(H2,19,20,22);1H. The third-order valence-corrected chi connectivity index (χ3v) is 4.45. The SMILES string of the molecule is CN=C(NCCc1ncc(C)s1)NCC(C)Oc1ccc(OC)cc1.I. The summed E-state index contributed by atoms with van der Waals surface area (Å²) in [4.78, 5) is 9.83. The highest BCUT2D eigenvalue weighted by Crippen LogP contribution is 2.18. The molecule has 1 heterocycles. The number of guanidine groups is 1. The number of benzene rings is 1. The molecule has 2 rings (SSSR count). The average molecular weight is 490 g/mol. The van der Waals surface area contributed by atoms with Crippen molar-refractivity contribution in [1.29, 1.82) is 0 Å². The number of aryl methyl sites for hydroxylation is 1. The Kier molecular flexibility index (Phi) is 10.3. The van der Waals surface area contributed by atoms with Crippen LogP contribution in [-0.2, 0) is 6.42 Å². The summed E-state index contributed by atoms with van der Waals surface area (Å²) >= 11 is 1.73. The Morgan fingerprint density at radius 3 is 2.50 bits per heavy atom. The van der Waals surface area contributed by atoms with Gasteiger partial charge in [-0.2, -0.15) is 0 Å². The quantitative estimate of drug-likeness (QED) is 0.338. The summed E-state index contributed by atoms with van der Waals surface area (Å²) in [6, 6.07) is 7.57. The smallest absolute Gasteiger partial charge is 0.191 e. The predicted molar refractivity (Wildman–Crippen MR) is 118 cm³/mol. The van der Waals surface area contributed by atoms with Gasteiger partial charge < -0.3 is 20.1 Å².